The van der Waals surface area contributed by atoms with Crippen LogP contribution in [0.5, 0.6) is 5.75 Å². The van der Waals surface area contributed by atoms with Crippen LogP contribution in [-0.2, 0) is 4.74 Å². The number of para-hydroxylation sites is 1. The van der Waals surface area contributed by atoms with Gasteiger partial charge in [0.2, 0.25) is 0 Å². The van der Waals surface area contributed by atoms with Gasteiger partial charge in [0.25, 0.3) is 0 Å². The van der Waals surface area contributed by atoms with E-state index in [0.29, 0.717) is 17.0 Å². The molecule has 0 aliphatic rings. The van der Waals surface area contributed by atoms with Crippen molar-refractivity contribution < 1.29 is 14.3 Å². The number of esters is 1. The number of nitrogens with one attached hydrogen (secondary N) is 1. The first-order valence-electron chi connectivity index (χ1n) is 8.34. The summed E-state index contributed by atoms with van der Waals surface area (Å²) >= 11 is 0. The van der Waals surface area contributed by atoms with E-state index in [2.05, 4.69) is 10.4 Å². The largest absolute Gasteiger partial charge is 0.497 e. The number of hydrogen-bond acceptors (Lipinski definition) is 5. The van der Waals surface area contributed by atoms with E-state index in [0.717, 1.165) is 11.5 Å². The molecule has 1 heterocycles. The monoisotopic (exact) mass is 351 g/mol. The van der Waals surface area contributed by atoms with Crippen LogP contribution in [0.15, 0.2) is 60.8 Å². The molecule has 0 spiro atoms. The second-order valence-electron chi connectivity index (χ2n) is 5.95. The molecule has 0 bridgehead atoms. The average Bonchev–Trinajstić information content (AvgIpc) is 3.10. The smallest absolute Gasteiger partial charge is 0.340 e. The molecule has 134 valence electrons. The van der Waals surface area contributed by atoms with Gasteiger partial charge in [-0.15, -0.1) is 0 Å². The van der Waals surface area contributed by atoms with Crippen molar-refractivity contribution >= 4 is 17.5 Å². The third kappa shape index (κ3) is 3.85. The zero-order chi connectivity index (χ0) is 18.5. The van der Waals surface area contributed by atoms with Gasteiger partial charge in [-0.2, -0.15) is 5.10 Å². The van der Waals surface area contributed by atoms with E-state index in [1.54, 1.807) is 36.2 Å². The van der Waals surface area contributed by atoms with E-state index >= 15 is 0 Å². The summed E-state index contributed by atoms with van der Waals surface area (Å²) in [5.74, 6) is 0.912. The lowest BCUT2D eigenvalue weighted by atomic mass is 10.1. The lowest BCUT2D eigenvalue weighted by molar-refractivity contribution is 0.0379. The van der Waals surface area contributed by atoms with Gasteiger partial charge in [-0.3, -0.25) is 0 Å². The number of aromatic nitrogens is 2. The molecule has 1 N–H and O–H groups in total. The van der Waals surface area contributed by atoms with Crippen molar-refractivity contribution in [2.75, 3.05) is 12.4 Å². The van der Waals surface area contributed by atoms with Gasteiger partial charge in [-0.25, -0.2) is 9.48 Å². The van der Waals surface area contributed by atoms with Crippen LogP contribution >= 0.6 is 0 Å². The fourth-order valence-electron chi connectivity index (χ4n) is 2.52. The van der Waals surface area contributed by atoms with E-state index in [1.807, 2.05) is 50.2 Å². The number of nitrogens with zero attached hydrogens (tertiary/aromatic N) is 2. The Morgan fingerprint density at radius 1 is 1.12 bits per heavy atom. The number of methoxy groups -OCH3 is 1. The summed E-state index contributed by atoms with van der Waals surface area (Å²) in [5.41, 5.74) is 1.94. The van der Waals surface area contributed by atoms with E-state index in [4.69, 9.17) is 9.47 Å². The van der Waals surface area contributed by atoms with E-state index in [1.165, 1.54) is 0 Å². The fraction of sp³-hybridized carbons (Fsp3) is 0.200. The Labute approximate surface area is 152 Å². The lowest BCUT2D eigenvalue weighted by Gasteiger charge is -2.15. The van der Waals surface area contributed by atoms with E-state index in [-0.39, 0.29) is 6.10 Å². The van der Waals surface area contributed by atoms with Crippen molar-refractivity contribution in [2.24, 2.45) is 0 Å². The molecule has 0 radical (unpaired) electrons. The number of rotatable bonds is 6. The van der Waals surface area contributed by atoms with Crippen LogP contribution in [0.4, 0.5) is 11.5 Å². The molecule has 0 aliphatic carbocycles. The third-order valence-electron chi connectivity index (χ3n) is 3.70. The highest BCUT2D eigenvalue weighted by atomic mass is 16.5. The van der Waals surface area contributed by atoms with Crippen molar-refractivity contribution in [3.8, 4) is 11.4 Å². The highest BCUT2D eigenvalue weighted by molar-refractivity contribution is 5.97. The minimum atomic E-state index is -0.410. The van der Waals surface area contributed by atoms with Crippen LogP contribution in [-0.4, -0.2) is 29.0 Å². The van der Waals surface area contributed by atoms with Gasteiger partial charge in [0.15, 0.2) is 0 Å². The maximum absolute atomic E-state index is 12.5. The van der Waals surface area contributed by atoms with Gasteiger partial charge < -0.3 is 14.8 Å². The number of carbonyl (C=O) groups excluding carboxylic acids is 1. The number of hydrogen-bond donors (Lipinski definition) is 1. The minimum Gasteiger partial charge on any atom is -0.497 e. The summed E-state index contributed by atoms with van der Waals surface area (Å²) in [7, 11) is 1.56. The van der Waals surface area contributed by atoms with Crippen LogP contribution in [0, 0.1) is 0 Å². The first-order chi connectivity index (χ1) is 12.6. The molecule has 0 unspecified atom stereocenters. The predicted molar refractivity (Wildman–Crippen MR) is 100 cm³/mol. The Hall–Kier alpha value is -3.28. The normalized spacial score (nSPS) is 10.6. The summed E-state index contributed by atoms with van der Waals surface area (Å²) in [5, 5.41) is 7.62. The molecule has 0 amide bonds. The molecular weight excluding hydrogens is 330 g/mol. The number of carbonyl (C=O) groups is 1. The van der Waals surface area contributed by atoms with Crippen molar-refractivity contribution in [1.29, 1.82) is 0 Å². The second-order valence-corrected chi connectivity index (χ2v) is 5.95. The minimum absolute atomic E-state index is 0.212. The van der Waals surface area contributed by atoms with Crippen LogP contribution in [0.25, 0.3) is 5.69 Å². The Morgan fingerprint density at radius 3 is 2.58 bits per heavy atom. The molecule has 0 aliphatic heterocycles. The third-order valence-corrected chi connectivity index (χ3v) is 3.70. The standard InChI is InChI=1S/C20H21N3O3/c1-14(2)26-20(24)17-13-16(25-3)9-10-18(17)22-19-11-12-21-23(19)15-7-5-4-6-8-15/h4-14,22H,1-3H3. The maximum Gasteiger partial charge on any atom is 0.340 e. The average molecular weight is 351 g/mol. The molecule has 0 saturated carbocycles. The zero-order valence-electron chi connectivity index (χ0n) is 15.0. The molecule has 0 fully saturated rings. The molecule has 6 heteroatoms. The molecule has 2 aromatic carbocycles. The Morgan fingerprint density at radius 2 is 1.88 bits per heavy atom. The molecule has 0 atom stereocenters. The summed E-state index contributed by atoms with van der Waals surface area (Å²) in [6.07, 6.45) is 1.49. The summed E-state index contributed by atoms with van der Waals surface area (Å²) < 4.78 is 12.4. The number of ether oxygens (including phenoxy) is 2. The molecule has 3 aromatic rings. The molecule has 26 heavy (non-hydrogen) atoms. The molecule has 3 rings (SSSR count). The van der Waals surface area contributed by atoms with Crippen LogP contribution < -0.4 is 10.1 Å². The fourth-order valence-corrected chi connectivity index (χ4v) is 2.52. The van der Waals surface area contributed by atoms with Gasteiger partial charge in [-0.05, 0) is 44.2 Å². The van der Waals surface area contributed by atoms with Crippen molar-refractivity contribution in [3.05, 3.63) is 66.4 Å². The zero-order valence-corrected chi connectivity index (χ0v) is 15.0. The summed E-state index contributed by atoms with van der Waals surface area (Å²) in [6.45, 7) is 3.63. The SMILES string of the molecule is COc1ccc(Nc2ccnn2-c2ccccc2)c(C(=O)OC(C)C)c1. The Balaban J connectivity index is 1.96. The summed E-state index contributed by atoms with van der Waals surface area (Å²) in [6, 6.07) is 16.8. The van der Waals surface area contributed by atoms with Gasteiger partial charge in [0.05, 0.1) is 36.3 Å². The van der Waals surface area contributed by atoms with Crippen LogP contribution in [0.3, 0.4) is 0 Å². The molecular formula is C20H21N3O3. The number of benzene rings is 2. The van der Waals surface area contributed by atoms with Crippen molar-refractivity contribution in [2.45, 2.75) is 20.0 Å². The lowest BCUT2D eigenvalue weighted by Crippen LogP contribution is -2.14. The molecule has 0 saturated heterocycles. The molecule has 1 aromatic heterocycles. The van der Waals surface area contributed by atoms with Crippen LogP contribution in [0.1, 0.15) is 24.2 Å². The van der Waals surface area contributed by atoms with Gasteiger partial charge >= 0.3 is 5.97 Å². The van der Waals surface area contributed by atoms with Crippen molar-refractivity contribution in [3.63, 3.8) is 0 Å². The first kappa shape index (κ1) is 17.5. The summed E-state index contributed by atoms with van der Waals surface area (Å²) in [4.78, 5) is 12.5. The van der Waals surface area contributed by atoms with Crippen molar-refractivity contribution in [1.82, 2.24) is 9.78 Å². The van der Waals surface area contributed by atoms with E-state index < -0.39 is 5.97 Å². The maximum atomic E-state index is 12.5. The Kier molecular flexibility index (Phi) is 5.22. The highest BCUT2D eigenvalue weighted by Gasteiger charge is 2.17. The second kappa shape index (κ2) is 7.74. The quantitative estimate of drug-likeness (QED) is 0.675. The van der Waals surface area contributed by atoms with Gasteiger partial charge in [0, 0.05) is 6.07 Å². The Bertz CT molecular complexity index is 888. The number of anilines is 2. The van der Waals surface area contributed by atoms with E-state index in [9.17, 15) is 4.79 Å². The predicted octanol–water partition coefficient (Wildman–Crippen LogP) is 4.19. The first-order valence-corrected chi connectivity index (χ1v) is 8.34. The molecule has 6 nitrogen and oxygen atoms in total. The van der Waals surface area contributed by atoms with Gasteiger partial charge in [-0.1, -0.05) is 18.2 Å². The van der Waals surface area contributed by atoms with Crippen LogP contribution in [0.2, 0.25) is 0 Å². The topological polar surface area (TPSA) is 65.4 Å². The highest BCUT2D eigenvalue weighted by Crippen LogP contribution is 2.27. The van der Waals surface area contributed by atoms with Gasteiger partial charge in [0.1, 0.15) is 11.6 Å².